The van der Waals surface area contributed by atoms with Crippen LogP contribution in [0.4, 0.5) is 10.1 Å². The molecule has 1 heterocycles. The van der Waals surface area contributed by atoms with Gasteiger partial charge in [-0.25, -0.2) is 12.8 Å². The summed E-state index contributed by atoms with van der Waals surface area (Å²) >= 11 is 0. The molecule has 1 aliphatic heterocycles. The lowest BCUT2D eigenvalue weighted by Crippen LogP contribution is -2.57. The minimum absolute atomic E-state index is 0.152. The molecule has 1 saturated heterocycles. The maximum absolute atomic E-state index is 13.8. The molecule has 0 bridgehead atoms. The van der Waals surface area contributed by atoms with Crippen LogP contribution in [0.3, 0.4) is 0 Å². The van der Waals surface area contributed by atoms with Crippen LogP contribution < -0.4 is 4.90 Å². The molecule has 0 unspecified atom stereocenters. The first-order chi connectivity index (χ1) is 11.8. The van der Waals surface area contributed by atoms with Crippen molar-refractivity contribution in [2.75, 3.05) is 18.0 Å². The summed E-state index contributed by atoms with van der Waals surface area (Å²) in [4.78, 5) is 14.3. The third-order valence-corrected chi connectivity index (χ3v) is 6.40. The van der Waals surface area contributed by atoms with E-state index in [1.807, 2.05) is 0 Å². The van der Waals surface area contributed by atoms with Crippen molar-refractivity contribution in [2.45, 2.75) is 24.8 Å². The fraction of sp³-hybridized carbons (Fsp3) is 0.278. The van der Waals surface area contributed by atoms with Gasteiger partial charge in [-0.2, -0.15) is 4.31 Å². The van der Waals surface area contributed by atoms with Gasteiger partial charge in [-0.15, -0.1) is 0 Å². The lowest BCUT2D eigenvalue weighted by atomic mass is 10.1. The third kappa shape index (κ3) is 3.17. The average Bonchev–Trinajstić information content (AvgIpc) is 2.60. The van der Waals surface area contributed by atoms with Crippen LogP contribution in [-0.2, 0) is 14.8 Å². The van der Waals surface area contributed by atoms with Gasteiger partial charge >= 0.3 is 0 Å². The van der Waals surface area contributed by atoms with E-state index < -0.39 is 21.9 Å². The largest absolute Gasteiger partial charge is 0.310 e. The molecule has 3 rings (SSSR count). The van der Waals surface area contributed by atoms with E-state index in [9.17, 15) is 17.6 Å². The molecule has 5 nitrogen and oxygen atoms in total. The number of piperazine rings is 1. The van der Waals surface area contributed by atoms with Crippen molar-refractivity contribution < 1.29 is 17.6 Å². The Hall–Kier alpha value is -2.25. The molecule has 25 heavy (non-hydrogen) atoms. The normalized spacial score (nSPS) is 19.2. The van der Waals surface area contributed by atoms with E-state index in [0.717, 1.165) is 0 Å². The molecule has 0 aliphatic carbocycles. The van der Waals surface area contributed by atoms with Crippen LogP contribution in [0.15, 0.2) is 53.4 Å². The molecule has 0 N–H and O–H groups in total. The molecule has 0 spiro atoms. The summed E-state index contributed by atoms with van der Waals surface area (Å²) in [6.07, 6.45) is 0. The van der Waals surface area contributed by atoms with Crippen molar-refractivity contribution in [1.29, 1.82) is 0 Å². The predicted molar refractivity (Wildman–Crippen MR) is 93.3 cm³/mol. The van der Waals surface area contributed by atoms with Gasteiger partial charge in [-0.05, 0) is 43.7 Å². The molecule has 2 aromatic carbocycles. The number of carbonyl (C=O) groups excluding carboxylic acids is 1. The molecule has 1 fully saturated rings. The number of nitrogens with zero attached hydrogens (tertiary/aromatic N) is 2. The maximum Gasteiger partial charge on any atom is 0.245 e. The molecule has 1 amide bonds. The quantitative estimate of drug-likeness (QED) is 0.843. The van der Waals surface area contributed by atoms with Gasteiger partial charge in [0.25, 0.3) is 0 Å². The Kier molecular flexibility index (Phi) is 4.62. The molecular weight excluding hydrogens is 343 g/mol. The number of sulfonamides is 1. The van der Waals surface area contributed by atoms with Crippen LogP contribution in [0.1, 0.15) is 12.5 Å². The number of hydrogen-bond donors (Lipinski definition) is 0. The zero-order chi connectivity index (χ0) is 18.2. The zero-order valence-corrected chi connectivity index (χ0v) is 14.8. The van der Waals surface area contributed by atoms with Gasteiger partial charge in [0.05, 0.1) is 4.90 Å². The van der Waals surface area contributed by atoms with Gasteiger partial charge in [-0.1, -0.05) is 24.3 Å². The molecule has 0 radical (unpaired) electrons. The molecule has 0 aromatic heterocycles. The second-order valence-electron chi connectivity index (χ2n) is 6.03. The average molecular weight is 362 g/mol. The van der Waals surface area contributed by atoms with Crippen LogP contribution in [0.2, 0.25) is 0 Å². The number of amides is 1. The molecule has 2 aromatic rings. The molecule has 132 valence electrons. The number of halogens is 1. The van der Waals surface area contributed by atoms with Crippen LogP contribution in [0, 0.1) is 12.7 Å². The van der Waals surface area contributed by atoms with E-state index in [0.29, 0.717) is 11.3 Å². The fourth-order valence-corrected chi connectivity index (χ4v) is 4.51. The molecular formula is C18H19FN2O3S. The smallest absolute Gasteiger partial charge is 0.245 e. The van der Waals surface area contributed by atoms with Crippen molar-refractivity contribution in [3.8, 4) is 0 Å². The SMILES string of the molecule is Cc1ccc(N2CCN(S(=O)(=O)c3ccccc3)[C@H](C)C2=O)cc1F. The van der Waals surface area contributed by atoms with Gasteiger partial charge < -0.3 is 4.90 Å². The zero-order valence-electron chi connectivity index (χ0n) is 14.0. The Morgan fingerprint density at radius 2 is 1.76 bits per heavy atom. The summed E-state index contributed by atoms with van der Waals surface area (Å²) < 4.78 is 40.6. The Morgan fingerprint density at radius 1 is 1.08 bits per heavy atom. The summed E-state index contributed by atoms with van der Waals surface area (Å²) in [6, 6.07) is 11.8. The molecule has 1 aliphatic rings. The van der Waals surface area contributed by atoms with Crippen molar-refractivity contribution in [3.63, 3.8) is 0 Å². The highest BCUT2D eigenvalue weighted by Gasteiger charge is 2.39. The van der Waals surface area contributed by atoms with E-state index >= 15 is 0 Å². The van der Waals surface area contributed by atoms with Crippen LogP contribution in [-0.4, -0.2) is 37.8 Å². The number of aryl methyl sites for hydroxylation is 1. The second kappa shape index (κ2) is 6.57. The van der Waals surface area contributed by atoms with E-state index in [-0.39, 0.29) is 23.9 Å². The first-order valence-electron chi connectivity index (χ1n) is 7.97. The van der Waals surface area contributed by atoms with E-state index in [1.54, 1.807) is 44.2 Å². The number of benzene rings is 2. The number of anilines is 1. The van der Waals surface area contributed by atoms with Crippen molar-refractivity contribution >= 4 is 21.6 Å². The molecule has 0 saturated carbocycles. The summed E-state index contributed by atoms with van der Waals surface area (Å²) in [6.45, 7) is 3.53. The van der Waals surface area contributed by atoms with Crippen LogP contribution in [0.5, 0.6) is 0 Å². The first kappa shape index (κ1) is 17.6. The Morgan fingerprint density at radius 3 is 2.40 bits per heavy atom. The van der Waals surface area contributed by atoms with Gasteiger partial charge in [0.15, 0.2) is 0 Å². The Labute approximate surface area is 146 Å². The topological polar surface area (TPSA) is 57.7 Å². The Balaban J connectivity index is 1.88. The van der Waals surface area contributed by atoms with E-state index in [2.05, 4.69) is 0 Å². The number of rotatable bonds is 3. The third-order valence-electron chi connectivity index (χ3n) is 4.42. The van der Waals surface area contributed by atoms with Gasteiger partial charge in [0.2, 0.25) is 15.9 Å². The minimum atomic E-state index is -3.75. The standard InChI is InChI=1S/C18H19FN2O3S/c1-13-8-9-15(12-17(13)19)20-10-11-21(14(2)18(20)22)25(23,24)16-6-4-3-5-7-16/h3-9,12,14H,10-11H2,1-2H3/t14-/m1/s1. The highest BCUT2D eigenvalue weighted by atomic mass is 32.2. The lowest BCUT2D eigenvalue weighted by molar-refractivity contribution is -0.123. The van der Waals surface area contributed by atoms with Gasteiger partial charge in [-0.3, -0.25) is 4.79 Å². The number of carbonyl (C=O) groups is 1. The summed E-state index contributed by atoms with van der Waals surface area (Å²) in [5.74, 6) is -0.758. The Bertz CT molecular complexity index is 900. The monoisotopic (exact) mass is 362 g/mol. The predicted octanol–water partition coefficient (Wildman–Crippen LogP) is 2.56. The first-order valence-corrected chi connectivity index (χ1v) is 9.41. The highest BCUT2D eigenvalue weighted by molar-refractivity contribution is 7.89. The maximum atomic E-state index is 13.8. The minimum Gasteiger partial charge on any atom is -0.310 e. The van der Waals surface area contributed by atoms with Gasteiger partial charge in [0, 0.05) is 18.8 Å². The molecule has 7 heteroatoms. The summed E-state index contributed by atoms with van der Waals surface area (Å²) in [5.41, 5.74) is 0.936. The fourth-order valence-electron chi connectivity index (χ4n) is 2.91. The van der Waals surface area contributed by atoms with Crippen LogP contribution >= 0.6 is 0 Å². The van der Waals surface area contributed by atoms with E-state index in [1.165, 1.54) is 27.4 Å². The van der Waals surface area contributed by atoms with Crippen LogP contribution in [0.25, 0.3) is 0 Å². The van der Waals surface area contributed by atoms with E-state index in [4.69, 9.17) is 0 Å². The molecule has 1 atom stereocenters. The van der Waals surface area contributed by atoms with Gasteiger partial charge in [0.1, 0.15) is 11.9 Å². The van der Waals surface area contributed by atoms with Crippen molar-refractivity contribution in [1.82, 2.24) is 4.31 Å². The van der Waals surface area contributed by atoms with Crippen molar-refractivity contribution in [3.05, 3.63) is 59.9 Å². The summed E-state index contributed by atoms with van der Waals surface area (Å²) in [5, 5.41) is 0. The summed E-state index contributed by atoms with van der Waals surface area (Å²) in [7, 11) is -3.75. The number of hydrogen-bond acceptors (Lipinski definition) is 3. The van der Waals surface area contributed by atoms with Crippen molar-refractivity contribution in [2.24, 2.45) is 0 Å². The highest BCUT2D eigenvalue weighted by Crippen LogP contribution is 2.26. The lowest BCUT2D eigenvalue weighted by Gasteiger charge is -2.38. The second-order valence-corrected chi connectivity index (χ2v) is 7.92.